The summed E-state index contributed by atoms with van der Waals surface area (Å²) in [6.07, 6.45) is 4.55. The van der Waals surface area contributed by atoms with Crippen LogP contribution in [0.3, 0.4) is 0 Å². The Hall–Kier alpha value is -2.91. The van der Waals surface area contributed by atoms with Crippen LogP contribution in [0, 0.1) is 0 Å². The molecular formula is C11H14N6O4. The van der Waals surface area contributed by atoms with Crippen LogP contribution in [0.2, 0.25) is 0 Å². The summed E-state index contributed by atoms with van der Waals surface area (Å²) in [5.74, 6) is -0.629. The van der Waals surface area contributed by atoms with Crippen LogP contribution < -0.4 is 10.6 Å². The van der Waals surface area contributed by atoms with Crippen molar-refractivity contribution in [3.8, 4) is 0 Å². The number of carboxylic acids is 1. The maximum absolute atomic E-state index is 11.5. The third-order valence-electron chi connectivity index (χ3n) is 2.54. The molecule has 0 bridgehead atoms. The topological polar surface area (TPSA) is 135 Å². The minimum atomic E-state index is -1.08. The first-order valence-corrected chi connectivity index (χ1v) is 6.17. The zero-order valence-corrected chi connectivity index (χ0v) is 11.0. The Bertz CT molecular complexity index is 594. The molecule has 0 fully saturated rings. The fourth-order valence-corrected chi connectivity index (χ4v) is 1.54. The van der Waals surface area contributed by atoms with Crippen molar-refractivity contribution >= 4 is 12.0 Å². The lowest BCUT2D eigenvalue weighted by Crippen LogP contribution is -2.38. The number of urea groups is 1. The predicted octanol–water partition coefficient (Wildman–Crippen LogP) is -0.494. The van der Waals surface area contributed by atoms with Crippen LogP contribution in [-0.4, -0.2) is 49.9 Å². The summed E-state index contributed by atoms with van der Waals surface area (Å²) in [5, 5.41) is 17.4. The SMILES string of the molecule is O=C(NCCc1ncno1)NCCn1cnc(C(=O)O)c1. The molecule has 112 valence electrons. The first kappa shape index (κ1) is 14.5. The highest BCUT2D eigenvalue weighted by Gasteiger charge is 2.06. The van der Waals surface area contributed by atoms with Crippen molar-refractivity contribution in [2.75, 3.05) is 13.1 Å². The van der Waals surface area contributed by atoms with E-state index in [9.17, 15) is 9.59 Å². The lowest BCUT2D eigenvalue weighted by molar-refractivity contribution is 0.0691. The van der Waals surface area contributed by atoms with Gasteiger partial charge in [0.1, 0.15) is 0 Å². The highest BCUT2D eigenvalue weighted by molar-refractivity contribution is 5.84. The molecule has 0 saturated heterocycles. The molecule has 10 nitrogen and oxygen atoms in total. The van der Waals surface area contributed by atoms with E-state index in [1.807, 2.05) is 0 Å². The van der Waals surface area contributed by atoms with Crippen LogP contribution in [0.5, 0.6) is 0 Å². The number of carbonyl (C=O) groups excluding carboxylic acids is 1. The van der Waals surface area contributed by atoms with Gasteiger partial charge in [-0.25, -0.2) is 14.6 Å². The molecule has 0 aromatic carbocycles. The number of nitrogens with zero attached hydrogens (tertiary/aromatic N) is 4. The Morgan fingerprint density at radius 2 is 2.10 bits per heavy atom. The predicted molar refractivity (Wildman–Crippen MR) is 68.6 cm³/mol. The van der Waals surface area contributed by atoms with Gasteiger partial charge in [0.05, 0.1) is 6.33 Å². The first-order chi connectivity index (χ1) is 10.1. The van der Waals surface area contributed by atoms with Crippen LogP contribution in [0.1, 0.15) is 16.4 Å². The molecule has 2 amide bonds. The van der Waals surface area contributed by atoms with Gasteiger partial charge in [0.25, 0.3) is 0 Å². The lowest BCUT2D eigenvalue weighted by atomic mass is 10.4. The minimum Gasteiger partial charge on any atom is -0.476 e. The molecule has 2 aromatic heterocycles. The monoisotopic (exact) mass is 294 g/mol. The van der Waals surface area contributed by atoms with Crippen molar-refractivity contribution in [2.45, 2.75) is 13.0 Å². The molecule has 3 N–H and O–H groups in total. The molecule has 0 aliphatic rings. The van der Waals surface area contributed by atoms with E-state index in [1.165, 1.54) is 18.9 Å². The van der Waals surface area contributed by atoms with E-state index in [1.54, 1.807) is 4.57 Å². The number of imidazole rings is 1. The summed E-state index contributed by atoms with van der Waals surface area (Å²) in [6, 6.07) is -0.326. The smallest absolute Gasteiger partial charge is 0.356 e. The van der Waals surface area contributed by atoms with Crippen molar-refractivity contribution in [3.05, 3.63) is 30.4 Å². The van der Waals surface area contributed by atoms with Crippen LogP contribution in [0.25, 0.3) is 0 Å². The number of carboxylic acid groups (broad SMARTS) is 1. The summed E-state index contributed by atoms with van der Waals surface area (Å²) >= 11 is 0. The van der Waals surface area contributed by atoms with Crippen molar-refractivity contribution in [3.63, 3.8) is 0 Å². The second-order valence-corrected chi connectivity index (χ2v) is 4.07. The third-order valence-corrected chi connectivity index (χ3v) is 2.54. The largest absolute Gasteiger partial charge is 0.476 e. The number of rotatable bonds is 7. The van der Waals surface area contributed by atoms with E-state index in [2.05, 4.69) is 25.8 Å². The van der Waals surface area contributed by atoms with Gasteiger partial charge in [0.2, 0.25) is 5.89 Å². The summed E-state index contributed by atoms with van der Waals surface area (Å²) in [5.41, 5.74) is -0.0287. The van der Waals surface area contributed by atoms with Crippen LogP contribution in [0.4, 0.5) is 4.79 Å². The van der Waals surface area contributed by atoms with Gasteiger partial charge in [-0.15, -0.1) is 0 Å². The Morgan fingerprint density at radius 3 is 2.76 bits per heavy atom. The van der Waals surface area contributed by atoms with Gasteiger partial charge in [-0.2, -0.15) is 4.98 Å². The fraction of sp³-hybridized carbons (Fsp3) is 0.364. The van der Waals surface area contributed by atoms with Gasteiger partial charge < -0.3 is 24.8 Å². The van der Waals surface area contributed by atoms with Gasteiger partial charge in [-0.05, 0) is 0 Å². The van der Waals surface area contributed by atoms with Gasteiger partial charge in [0, 0.05) is 32.3 Å². The average Bonchev–Trinajstić information content (AvgIpc) is 3.09. The van der Waals surface area contributed by atoms with Crippen molar-refractivity contribution < 1.29 is 19.2 Å². The van der Waals surface area contributed by atoms with E-state index in [4.69, 9.17) is 9.63 Å². The van der Waals surface area contributed by atoms with Crippen LogP contribution in [0.15, 0.2) is 23.4 Å². The summed E-state index contributed by atoms with van der Waals surface area (Å²) in [4.78, 5) is 29.6. The normalized spacial score (nSPS) is 10.3. The Kier molecular flexibility index (Phi) is 4.85. The molecule has 0 saturated carbocycles. The Balaban J connectivity index is 1.61. The number of aromatic nitrogens is 4. The van der Waals surface area contributed by atoms with E-state index < -0.39 is 5.97 Å². The lowest BCUT2D eigenvalue weighted by Gasteiger charge is -2.06. The van der Waals surface area contributed by atoms with Gasteiger partial charge in [0.15, 0.2) is 12.0 Å². The van der Waals surface area contributed by atoms with Crippen LogP contribution in [-0.2, 0) is 13.0 Å². The number of nitrogens with one attached hydrogen (secondary N) is 2. The molecule has 0 aliphatic heterocycles. The molecule has 0 unspecified atom stereocenters. The van der Waals surface area contributed by atoms with Crippen LogP contribution >= 0.6 is 0 Å². The summed E-state index contributed by atoms with van der Waals surface area (Å²) in [7, 11) is 0. The minimum absolute atomic E-state index is 0.0287. The van der Waals surface area contributed by atoms with E-state index >= 15 is 0 Å². The van der Waals surface area contributed by atoms with Gasteiger partial charge in [-0.3, -0.25) is 0 Å². The maximum atomic E-state index is 11.5. The summed E-state index contributed by atoms with van der Waals surface area (Å²) < 4.78 is 6.37. The van der Waals surface area contributed by atoms with Crippen molar-refractivity contribution in [1.29, 1.82) is 0 Å². The molecule has 0 atom stereocenters. The second kappa shape index (κ2) is 7.03. The maximum Gasteiger partial charge on any atom is 0.356 e. The number of hydrogen-bond acceptors (Lipinski definition) is 6. The van der Waals surface area contributed by atoms with E-state index in [0.717, 1.165) is 0 Å². The van der Waals surface area contributed by atoms with Gasteiger partial charge in [-0.1, -0.05) is 5.16 Å². The quantitative estimate of drug-likeness (QED) is 0.626. The highest BCUT2D eigenvalue weighted by atomic mass is 16.5. The van der Waals surface area contributed by atoms with E-state index in [0.29, 0.717) is 31.9 Å². The first-order valence-electron chi connectivity index (χ1n) is 6.17. The average molecular weight is 294 g/mol. The highest BCUT2D eigenvalue weighted by Crippen LogP contribution is 1.95. The molecule has 0 spiro atoms. The standard InChI is InChI=1S/C11H14N6O4/c18-10(19)8-5-17(7-15-8)4-3-13-11(20)12-2-1-9-14-6-16-21-9/h5-7H,1-4H2,(H,18,19)(H2,12,13,20). The molecule has 21 heavy (non-hydrogen) atoms. The molecule has 10 heteroatoms. The Morgan fingerprint density at radius 1 is 1.29 bits per heavy atom. The zero-order chi connectivity index (χ0) is 15.1. The third kappa shape index (κ3) is 4.60. The summed E-state index contributed by atoms with van der Waals surface area (Å²) in [6.45, 7) is 1.15. The molecule has 2 aromatic rings. The fourth-order valence-electron chi connectivity index (χ4n) is 1.54. The van der Waals surface area contributed by atoms with Crippen molar-refractivity contribution in [2.24, 2.45) is 0 Å². The Labute approximate surface area is 119 Å². The molecule has 0 radical (unpaired) electrons. The number of hydrogen-bond donors (Lipinski definition) is 3. The number of aromatic carboxylic acids is 1. The number of amides is 2. The van der Waals surface area contributed by atoms with Gasteiger partial charge >= 0.3 is 12.0 Å². The van der Waals surface area contributed by atoms with E-state index in [-0.39, 0.29) is 11.7 Å². The molecule has 0 aliphatic carbocycles. The zero-order valence-electron chi connectivity index (χ0n) is 11.0. The molecule has 2 heterocycles. The molecular weight excluding hydrogens is 280 g/mol. The molecule has 2 rings (SSSR count). The number of carbonyl (C=O) groups is 2. The second-order valence-electron chi connectivity index (χ2n) is 4.07. The van der Waals surface area contributed by atoms with Crippen molar-refractivity contribution in [1.82, 2.24) is 30.3 Å².